The van der Waals surface area contributed by atoms with Crippen molar-refractivity contribution in [1.82, 2.24) is 0 Å². The first-order valence-electron chi connectivity index (χ1n) is 6.99. The van der Waals surface area contributed by atoms with Crippen molar-refractivity contribution in [3.63, 3.8) is 0 Å². The fraction of sp³-hybridized carbons (Fsp3) is 0.625. The monoisotopic (exact) mass is 231 g/mol. The van der Waals surface area contributed by atoms with E-state index in [4.69, 9.17) is 5.73 Å². The van der Waals surface area contributed by atoms with Crippen LogP contribution in [0.2, 0.25) is 0 Å². The first kappa shape index (κ1) is 12.6. The van der Waals surface area contributed by atoms with Gasteiger partial charge in [0.2, 0.25) is 0 Å². The molecule has 0 amide bonds. The number of nitrogens with two attached hydrogens (primary N) is 1. The molecular weight excluding hydrogens is 206 g/mol. The van der Waals surface area contributed by atoms with Gasteiger partial charge in [0, 0.05) is 6.04 Å². The van der Waals surface area contributed by atoms with Gasteiger partial charge in [0.1, 0.15) is 0 Å². The van der Waals surface area contributed by atoms with Crippen LogP contribution in [0.15, 0.2) is 24.3 Å². The zero-order valence-corrected chi connectivity index (χ0v) is 11.2. The van der Waals surface area contributed by atoms with E-state index in [1.165, 1.54) is 43.2 Å². The molecule has 1 saturated carbocycles. The van der Waals surface area contributed by atoms with Gasteiger partial charge in [-0.15, -0.1) is 0 Å². The van der Waals surface area contributed by atoms with Crippen LogP contribution in [-0.2, 0) is 6.42 Å². The molecule has 0 spiro atoms. The van der Waals surface area contributed by atoms with Gasteiger partial charge in [-0.3, -0.25) is 0 Å². The second kappa shape index (κ2) is 5.68. The molecule has 0 atom stereocenters. The third kappa shape index (κ3) is 3.57. The van der Waals surface area contributed by atoms with E-state index in [-0.39, 0.29) is 0 Å². The molecule has 1 fully saturated rings. The van der Waals surface area contributed by atoms with Crippen LogP contribution < -0.4 is 5.73 Å². The average molecular weight is 231 g/mol. The van der Waals surface area contributed by atoms with Crippen molar-refractivity contribution in [2.45, 2.75) is 57.9 Å². The fourth-order valence-electron chi connectivity index (χ4n) is 2.85. The Bertz CT molecular complexity index is 331. The topological polar surface area (TPSA) is 26.0 Å². The van der Waals surface area contributed by atoms with Crippen LogP contribution in [0.4, 0.5) is 0 Å². The van der Waals surface area contributed by atoms with Gasteiger partial charge in [-0.25, -0.2) is 0 Å². The van der Waals surface area contributed by atoms with E-state index in [0.717, 1.165) is 11.8 Å². The maximum atomic E-state index is 5.95. The zero-order valence-electron chi connectivity index (χ0n) is 11.2. The highest BCUT2D eigenvalue weighted by Gasteiger charge is 2.19. The first-order chi connectivity index (χ1) is 8.15. The Labute approximate surface area is 105 Å². The van der Waals surface area contributed by atoms with E-state index >= 15 is 0 Å². The van der Waals surface area contributed by atoms with Gasteiger partial charge in [0.15, 0.2) is 0 Å². The Morgan fingerprint density at radius 3 is 2.18 bits per heavy atom. The molecule has 17 heavy (non-hydrogen) atoms. The summed E-state index contributed by atoms with van der Waals surface area (Å²) in [4.78, 5) is 0. The molecule has 1 nitrogen and oxygen atoms in total. The third-order valence-electron chi connectivity index (χ3n) is 3.87. The second-order valence-electron chi connectivity index (χ2n) is 5.95. The number of hydrogen-bond acceptors (Lipinski definition) is 1. The van der Waals surface area contributed by atoms with Gasteiger partial charge in [0.05, 0.1) is 0 Å². The highest BCUT2D eigenvalue weighted by molar-refractivity contribution is 5.26. The number of rotatable bonds is 3. The zero-order chi connectivity index (χ0) is 12.3. The SMILES string of the molecule is CC(C)Cc1ccc(C2CCC(N)CC2)cc1. The molecule has 2 N–H and O–H groups in total. The smallest absolute Gasteiger partial charge is 0.00392 e. The van der Waals surface area contributed by atoms with Crippen LogP contribution in [0.5, 0.6) is 0 Å². The lowest BCUT2D eigenvalue weighted by Gasteiger charge is -2.26. The summed E-state index contributed by atoms with van der Waals surface area (Å²) in [5.74, 6) is 1.50. The van der Waals surface area contributed by atoms with Crippen molar-refractivity contribution in [1.29, 1.82) is 0 Å². The Morgan fingerprint density at radius 1 is 1.06 bits per heavy atom. The molecule has 1 aromatic carbocycles. The van der Waals surface area contributed by atoms with E-state index in [0.29, 0.717) is 6.04 Å². The summed E-state index contributed by atoms with van der Waals surface area (Å²) in [7, 11) is 0. The highest BCUT2D eigenvalue weighted by atomic mass is 14.6. The van der Waals surface area contributed by atoms with Crippen molar-refractivity contribution in [3.05, 3.63) is 35.4 Å². The molecule has 1 aromatic rings. The quantitative estimate of drug-likeness (QED) is 0.839. The molecule has 1 heteroatoms. The average Bonchev–Trinajstić information content (AvgIpc) is 2.30. The van der Waals surface area contributed by atoms with Crippen molar-refractivity contribution in [3.8, 4) is 0 Å². The normalized spacial score (nSPS) is 25.2. The lowest BCUT2D eigenvalue weighted by Crippen LogP contribution is -2.25. The summed E-state index contributed by atoms with van der Waals surface area (Å²) in [5.41, 5.74) is 8.94. The summed E-state index contributed by atoms with van der Waals surface area (Å²) < 4.78 is 0. The van der Waals surface area contributed by atoms with Gasteiger partial charge in [-0.2, -0.15) is 0 Å². The first-order valence-corrected chi connectivity index (χ1v) is 6.99. The van der Waals surface area contributed by atoms with Crippen LogP contribution in [-0.4, -0.2) is 6.04 Å². The lowest BCUT2D eigenvalue weighted by atomic mass is 9.82. The maximum Gasteiger partial charge on any atom is 0.00392 e. The predicted molar refractivity (Wildman–Crippen MR) is 74.2 cm³/mol. The molecule has 0 bridgehead atoms. The van der Waals surface area contributed by atoms with Gasteiger partial charge < -0.3 is 5.73 Å². The van der Waals surface area contributed by atoms with Crippen LogP contribution >= 0.6 is 0 Å². The number of benzene rings is 1. The molecule has 94 valence electrons. The second-order valence-corrected chi connectivity index (χ2v) is 5.95. The van der Waals surface area contributed by atoms with Crippen molar-refractivity contribution >= 4 is 0 Å². The molecule has 0 unspecified atom stereocenters. The fourth-order valence-corrected chi connectivity index (χ4v) is 2.85. The maximum absolute atomic E-state index is 5.95. The van der Waals surface area contributed by atoms with Crippen LogP contribution in [0, 0.1) is 5.92 Å². The molecule has 2 rings (SSSR count). The summed E-state index contributed by atoms with van der Waals surface area (Å²) in [6.07, 6.45) is 6.11. The molecule has 0 aromatic heterocycles. The standard InChI is InChI=1S/C16H25N/c1-12(2)11-13-3-5-14(6-4-13)15-7-9-16(17)10-8-15/h3-6,12,15-16H,7-11,17H2,1-2H3. The Balaban J connectivity index is 1.97. The van der Waals surface area contributed by atoms with Crippen molar-refractivity contribution in [2.75, 3.05) is 0 Å². The summed E-state index contributed by atoms with van der Waals surface area (Å²) >= 11 is 0. The Morgan fingerprint density at radius 2 is 1.65 bits per heavy atom. The largest absolute Gasteiger partial charge is 0.328 e. The minimum Gasteiger partial charge on any atom is -0.328 e. The number of hydrogen-bond donors (Lipinski definition) is 1. The summed E-state index contributed by atoms with van der Waals surface area (Å²) in [6, 6.07) is 9.73. The minimum absolute atomic E-state index is 0.450. The molecule has 0 heterocycles. The molecule has 1 aliphatic rings. The van der Waals surface area contributed by atoms with E-state index in [2.05, 4.69) is 38.1 Å². The van der Waals surface area contributed by atoms with E-state index in [1.54, 1.807) is 0 Å². The minimum atomic E-state index is 0.450. The van der Waals surface area contributed by atoms with E-state index < -0.39 is 0 Å². The predicted octanol–water partition coefficient (Wildman–Crippen LogP) is 3.87. The van der Waals surface area contributed by atoms with Gasteiger partial charge in [0.25, 0.3) is 0 Å². The Hall–Kier alpha value is -0.820. The van der Waals surface area contributed by atoms with Crippen LogP contribution in [0.1, 0.15) is 56.6 Å². The van der Waals surface area contributed by atoms with Crippen LogP contribution in [0.3, 0.4) is 0 Å². The highest BCUT2D eigenvalue weighted by Crippen LogP contribution is 2.32. The van der Waals surface area contributed by atoms with Gasteiger partial charge in [-0.1, -0.05) is 38.1 Å². The van der Waals surface area contributed by atoms with E-state index in [1.807, 2.05) is 0 Å². The summed E-state index contributed by atoms with van der Waals surface area (Å²) in [5, 5.41) is 0. The van der Waals surface area contributed by atoms with Gasteiger partial charge >= 0.3 is 0 Å². The third-order valence-corrected chi connectivity index (χ3v) is 3.87. The molecular formula is C16H25N. The van der Waals surface area contributed by atoms with Crippen LogP contribution in [0.25, 0.3) is 0 Å². The van der Waals surface area contributed by atoms with Gasteiger partial charge in [-0.05, 0) is 55.1 Å². The summed E-state index contributed by atoms with van der Waals surface area (Å²) in [6.45, 7) is 4.55. The Kier molecular flexibility index (Phi) is 4.22. The molecule has 1 aliphatic carbocycles. The van der Waals surface area contributed by atoms with Crippen molar-refractivity contribution < 1.29 is 0 Å². The van der Waals surface area contributed by atoms with E-state index in [9.17, 15) is 0 Å². The lowest BCUT2D eigenvalue weighted by molar-refractivity contribution is 0.395. The molecule has 0 radical (unpaired) electrons. The molecule has 0 aliphatic heterocycles. The van der Waals surface area contributed by atoms with Crippen molar-refractivity contribution in [2.24, 2.45) is 11.7 Å². The molecule has 0 saturated heterocycles.